The Hall–Kier alpha value is -2.79. The molecule has 33 heavy (non-hydrogen) atoms. The standard InChI is InChI=1S/C22H26F3N3O4S/c1-2-32-19-7-9-20(10-8-19)33(30,31)26-18-6-3-5-17(15-18)21(29)28-12-4-11-27(13-14-28)16-22(23,24)25/h3,5-10,15,26H,2,4,11-14,16H2,1H3. The third kappa shape index (κ3) is 7.10. The second kappa shape index (κ2) is 10.4. The van der Waals surface area contributed by atoms with E-state index in [1.165, 1.54) is 34.1 Å². The van der Waals surface area contributed by atoms with Crippen LogP contribution in [0, 0.1) is 0 Å². The smallest absolute Gasteiger partial charge is 0.401 e. The van der Waals surface area contributed by atoms with Crippen LogP contribution in [-0.2, 0) is 10.0 Å². The van der Waals surface area contributed by atoms with Crippen molar-refractivity contribution in [3.63, 3.8) is 0 Å². The number of carbonyl (C=O) groups is 1. The summed E-state index contributed by atoms with van der Waals surface area (Å²) < 4.78 is 71.2. The summed E-state index contributed by atoms with van der Waals surface area (Å²) in [4.78, 5) is 15.7. The third-order valence-electron chi connectivity index (χ3n) is 5.09. The zero-order chi connectivity index (χ0) is 24.1. The first kappa shape index (κ1) is 24.8. The highest BCUT2D eigenvalue weighted by Gasteiger charge is 2.32. The van der Waals surface area contributed by atoms with Crippen LogP contribution >= 0.6 is 0 Å². The lowest BCUT2D eigenvalue weighted by atomic mass is 10.1. The number of carbonyl (C=O) groups excluding carboxylic acids is 1. The first-order valence-electron chi connectivity index (χ1n) is 10.5. The van der Waals surface area contributed by atoms with Crippen molar-refractivity contribution in [2.75, 3.05) is 44.1 Å². The molecular weight excluding hydrogens is 459 g/mol. The lowest BCUT2D eigenvalue weighted by Gasteiger charge is -2.23. The van der Waals surface area contributed by atoms with E-state index in [1.807, 2.05) is 6.92 Å². The molecule has 1 aliphatic rings. The highest BCUT2D eigenvalue weighted by Crippen LogP contribution is 2.22. The molecule has 1 fully saturated rings. The van der Waals surface area contributed by atoms with E-state index in [9.17, 15) is 26.4 Å². The quantitative estimate of drug-likeness (QED) is 0.649. The van der Waals surface area contributed by atoms with Crippen molar-refractivity contribution in [3.8, 4) is 5.75 Å². The molecule has 0 aromatic heterocycles. The van der Waals surface area contributed by atoms with E-state index >= 15 is 0 Å². The molecule has 1 amide bonds. The maximum Gasteiger partial charge on any atom is 0.401 e. The van der Waals surface area contributed by atoms with E-state index < -0.39 is 22.7 Å². The third-order valence-corrected chi connectivity index (χ3v) is 6.48. The van der Waals surface area contributed by atoms with Crippen LogP contribution in [0.1, 0.15) is 23.7 Å². The number of alkyl halides is 3. The molecule has 1 N–H and O–H groups in total. The Balaban J connectivity index is 1.68. The van der Waals surface area contributed by atoms with Crippen LogP contribution in [0.15, 0.2) is 53.4 Å². The van der Waals surface area contributed by atoms with Crippen LogP contribution in [0.4, 0.5) is 18.9 Å². The van der Waals surface area contributed by atoms with Gasteiger partial charge in [0, 0.05) is 37.4 Å². The van der Waals surface area contributed by atoms with Gasteiger partial charge in [-0.3, -0.25) is 14.4 Å². The minimum atomic E-state index is -4.28. The van der Waals surface area contributed by atoms with Crippen molar-refractivity contribution < 1.29 is 31.1 Å². The molecule has 1 aliphatic heterocycles. The van der Waals surface area contributed by atoms with Gasteiger partial charge in [0.25, 0.3) is 15.9 Å². The first-order chi connectivity index (χ1) is 15.6. The maximum atomic E-state index is 12.9. The number of nitrogens with zero attached hydrogens (tertiary/aromatic N) is 2. The Kier molecular flexibility index (Phi) is 7.85. The molecule has 11 heteroatoms. The molecule has 2 aromatic carbocycles. The number of anilines is 1. The number of ether oxygens (including phenoxy) is 1. The van der Waals surface area contributed by atoms with E-state index in [2.05, 4.69) is 4.72 Å². The van der Waals surface area contributed by atoms with Crippen molar-refractivity contribution in [2.45, 2.75) is 24.4 Å². The van der Waals surface area contributed by atoms with E-state index in [4.69, 9.17) is 4.74 Å². The fourth-order valence-corrected chi connectivity index (χ4v) is 4.63. The summed E-state index contributed by atoms with van der Waals surface area (Å²) in [6.45, 7) is 2.15. The molecule has 0 unspecified atom stereocenters. The van der Waals surface area contributed by atoms with Crippen molar-refractivity contribution in [1.82, 2.24) is 9.80 Å². The first-order valence-corrected chi connectivity index (χ1v) is 12.0. The average molecular weight is 486 g/mol. The van der Waals surface area contributed by atoms with E-state index in [0.717, 1.165) is 0 Å². The summed E-state index contributed by atoms with van der Waals surface area (Å²) in [5.74, 6) is 0.196. The number of rotatable bonds is 7. The summed E-state index contributed by atoms with van der Waals surface area (Å²) in [5, 5.41) is 0. The summed E-state index contributed by atoms with van der Waals surface area (Å²) in [6.07, 6.45) is -3.86. The molecule has 1 saturated heterocycles. The van der Waals surface area contributed by atoms with Crippen LogP contribution < -0.4 is 9.46 Å². The van der Waals surface area contributed by atoms with Gasteiger partial charge in [0.15, 0.2) is 0 Å². The molecule has 7 nitrogen and oxygen atoms in total. The van der Waals surface area contributed by atoms with E-state index in [0.29, 0.717) is 25.3 Å². The van der Waals surface area contributed by atoms with Gasteiger partial charge in [-0.2, -0.15) is 13.2 Å². The second-order valence-electron chi connectivity index (χ2n) is 7.63. The molecule has 0 atom stereocenters. The summed E-state index contributed by atoms with van der Waals surface area (Å²) in [6, 6.07) is 12.0. The van der Waals surface area contributed by atoms with E-state index in [-0.39, 0.29) is 41.7 Å². The van der Waals surface area contributed by atoms with Crippen molar-refractivity contribution in [2.24, 2.45) is 0 Å². The van der Waals surface area contributed by atoms with Gasteiger partial charge >= 0.3 is 6.18 Å². The lowest BCUT2D eigenvalue weighted by molar-refractivity contribution is -0.145. The Morgan fingerprint density at radius 1 is 1.06 bits per heavy atom. The van der Waals surface area contributed by atoms with Gasteiger partial charge in [-0.05, 0) is 55.8 Å². The molecule has 0 bridgehead atoms. The number of halogens is 3. The van der Waals surface area contributed by atoms with Gasteiger partial charge in [-0.25, -0.2) is 8.42 Å². The number of sulfonamides is 1. The van der Waals surface area contributed by atoms with Crippen molar-refractivity contribution >= 4 is 21.6 Å². The number of nitrogens with one attached hydrogen (secondary N) is 1. The highest BCUT2D eigenvalue weighted by atomic mass is 32.2. The zero-order valence-electron chi connectivity index (χ0n) is 18.1. The van der Waals surface area contributed by atoms with Gasteiger partial charge in [0.1, 0.15) is 5.75 Å². The maximum absolute atomic E-state index is 12.9. The van der Waals surface area contributed by atoms with E-state index in [1.54, 1.807) is 24.3 Å². The van der Waals surface area contributed by atoms with Crippen LogP contribution in [0.3, 0.4) is 0 Å². The van der Waals surface area contributed by atoms with Gasteiger partial charge < -0.3 is 9.64 Å². The number of benzene rings is 2. The predicted molar refractivity (Wildman–Crippen MR) is 118 cm³/mol. The second-order valence-corrected chi connectivity index (χ2v) is 9.31. The Bertz CT molecular complexity index is 1060. The molecule has 3 rings (SSSR count). The predicted octanol–water partition coefficient (Wildman–Crippen LogP) is 3.60. The van der Waals surface area contributed by atoms with Gasteiger partial charge in [0.05, 0.1) is 18.0 Å². The Morgan fingerprint density at radius 3 is 2.45 bits per heavy atom. The molecular formula is C22H26F3N3O4S. The molecule has 2 aromatic rings. The SMILES string of the molecule is CCOc1ccc(S(=O)(=O)Nc2cccc(C(=O)N3CCCN(CC(F)(F)F)CC3)c2)cc1. The normalized spacial score (nSPS) is 15.7. The Labute approximate surface area is 191 Å². The molecule has 0 saturated carbocycles. The zero-order valence-corrected chi connectivity index (χ0v) is 19.0. The number of hydrogen-bond acceptors (Lipinski definition) is 5. The van der Waals surface area contributed by atoms with Crippen LogP contribution in [0.5, 0.6) is 5.75 Å². The topological polar surface area (TPSA) is 78.9 Å². The molecule has 0 radical (unpaired) electrons. The molecule has 0 aliphatic carbocycles. The largest absolute Gasteiger partial charge is 0.494 e. The van der Waals surface area contributed by atoms with Crippen LogP contribution in [0.2, 0.25) is 0 Å². The van der Waals surface area contributed by atoms with Crippen molar-refractivity contribution in [3.05, 3.63) is 54.1 Å². The van der Waals surface area contributed by atoms with Gasteiger partial charge in [-0.1, -0.05) is 6.07 Å². The molecule has 180 valence electrons. The van der Waals surface area contributed by atoms with Crippen LogP contribution in [-0.4, -0.2) is 69.6 Å². The fourth-order valence-electron chi connectivity index (χ4n) is 3.58. The Morgan fingerprint density at radius 2 is 1.79 bits per heavy atom. The minimum absolute atomic E-state index is 0.0416. The van der Waals surface area contributed by atoms with Crippen LogP contribution in [0.25, 0.3) is 0 Å². The summed E-state index contributed by atoms with van der Waals surface area (Å²) in [5.41, 5.74) is 0.467. The monoisotopic (exact) mass is 485 g/mol. The van der Waals surface area contributed by atoms with Gasteiger partial charge in [-0.15, -0.1) is 0 Å². The highest BCUT2D eigenvalue weighted by molar-refractivity contribution is 7.92. The number of amides is 1. The molecule has 1 heterocycles. The fraction of sp³-hybridized carbons (Fsp3) is 0.409. The summed E-state index contributed by atoms with van der Waals surface area (Å²) in [7, 11) is -3.89. The summed E-state index contributed by atoms with van der Waals surface area (Å²) >= 11 is 0. The average Bonchev–Trinajstić information content (AvgIpc) is 2.98. The molecule has 0 spiro atoms. The lowest BCUT2D eigenvalue weighted by Crippen LogP contribution is -2.38. The van der Waals surface area contributed by atoms with Crippen molar-refractivity contribution in [1.29, 1.82) is 0 Å². The minimum Gasteiger partial charge on any atom is -0.494 e. The number of hydrogen-bond donors (Lipinski definition) is 1. The van der Waals surface area contributed by atoms with Gasteiger partial charge in [0.2, 0.25) is 0 Å².